The first-order valence-electron chi connectivity index (χ1n) is 10.5. The van der Waals surface area contributed by atoms with Gasteiger partial charge in [-0.3, -0.25) is 4.90 Å². The van der Waals surface area contributed by atoms with Gasteiger partial charge >= 0.3 is 6.18 Å². The van der Waals surface area contributed by atoms with E-state index < -0.39 is 11.7 Å². The number of halogens is 4. The monoisotopic (exact) mass is 464 g/mol. The van der Waals surface area contributed by atoms with Crippen molar-refractivity contribution in [2.75, 3.05) is 44.8 Å². The van der Waals surface area contributed by atoms with Gasteiger partial charge in [-0.05, 0) is 46.3 Å². The topological polar surface area (TPSA) is 59.3 Å². The van der Waals surface area contributed by atoms with Crippen molar-refractivity contribution in [3.63, 3.8) is 0 Å². The van der Waals surface area contributed by atoms with Crippen LogP contribution in [0.15, 0.2) is 48.5 Å². The molecule has 1 aliphatic rings. The largest absolute Gasteiger partial charge is 0.416 e. The fraction of sp³-hybridized carbons (Fsp3) is 0.409. The van der Waals surface area contributed by atoms with Crippen molar-refractivity contribution in [2.24, 2.45) is 0 Å². The predicted octanol–water partition coefficient (Wildman–Crippen LogP) is 3.39. The van der Waals surface area contributed by atoms with Crippen LogP contribution in [0.25, 0.3) is 0 Å². The quantitative estimate of drug-likeness (QED) is 0.500. The Morgan fingerprint density at radius 3 is 2.42 bits per heavy atom. The van der Waals surface area contributed by atoms with E-state index in [1.165, 1.54) is 24.3 Å². The molecule has 0 bridgehead atoms. The van der Waals surface area contributed by atoms with Crippen LogP contribution in [0, 0.1) is 5.82 Å². The van der Waals surface area contributed by atoms with E-state index >= 15 is 0 Å². The molecule has 2 aromatic carbocycles. The van der Waals surface area contributed by atoms with Crippen LogP contribution in [0.2, 0.25) is 0 Å². The fourth-order valence-corrected chi connectivity index (χ4v) is 4.03. The Labute approximate surface area is 188 Å². The van der Waals surface area contributed by atoms with Crippen molar-refractivity contribution < 1.29 is 22.3 Å². The first kappa shape index (κ1) is 23.1. The van der Waals surface area contributed by atoms with Crippen LogP contribution in [0.4, 0.5) is 23.2 Å². The van der Waals surface area contributed by atoms with Crippen molar-refractivity contribution in [3.8, 4) is 0 Å². The highest BCUT2D eigenvalue weighted by Gasteiger charge is 2.33. The Hall–Kier alpha value is -3.05. The molecule has 3 aromatic rings. The second-order valence-electron chi connectivity index (χ2n) is 7.78. The highest BCUT2D eigenvalue weighted by atomic mass is 19.4. The molecule has 0 radical (unpaired) electrons. The molecule has 0 aliphatic carbocycles. The van der Waals surface area contributed by atoms with Crippen LogP contribution in [0.1, 0.15) is 23.0 Å². The minimum atomic E-state index is -4.38. The van der Waals surface area contributed by atoms with Crippen molar-refractivity contribution in [2.45, 2.75) is 18.8 Å². The number of anilines is 1. The highest BCUT2D eigenvalue weighted by Crippen LogP contribution is 2.33. The maximum atomic E-state index is 13.6. The summed E-state index contributed by atoms with van der Waals surface area (Å²) < 4.78 is 59.7. The number of piperazine rings is 1. The number of aromatic nitrogens is 4. The number of tetrazole rings is 1. The SMILES string of the molecule is COCCn1nnnc1[C@H](c1ccc(F)cc1)N1CCN(c2cccc(C(F)(F)F)c2)CC1. The number of alkyl halides is 3. The summed E-state index contributed by atoms with van der Waals surface area (Å²) in [5.74, 6) is 0.261. The molecule has 0 N–H and O–H groups in total. The van der Waals surface area contributed by atoms with Gasteiger partial charge in [-0.2, -0.15) is 13.2 Å². The Morgan fingerprint density at radius 1 is 1.03 bits per heavy atom. The van der Waals surface area contributed by atoms with E-state index in [1.807, 2.05) is 4.90 Å². The standard InChI is InChI=1S/C22H24F4N6O/c1-33-14-13-32-21(27-28-29-32)20(16-5-7-18(23)8-6-16)31-11-9-30(10-12-31)19-4-2-3-17(15-19)22(24,25)26/h2-8,15,20H,9-14H2,1H3/t20-/m0/s1. The molecule has 7 nitrogen and oxygen atoms in total. The second kappa shape index (κ2) is 9.84. The lowest BCUT2D eigenvalue weighted by Crippen LogP contribution is -2.48. The Balaban J connectivity index is 1.56. The number of benzene rings is 2. The number of rotatable bonds is 7. The number of methoxy groups -OCH3 is 1. The molecule has 176 valence electrons. The molecule has 1 aliphatic heterocycles. The summed E-state index contributed by atoms with van der Waals surface area (Å²) in [4.78, 5) is 4.09. The smallest absolute Gasteiger partial charge is 0.383 e. The van der Waals surface area contributed by atoms with Crippen LogP contribution in [0.5, 0.6) is 0 Å². The van der Waals surface area contributed by atoms with Gasteiger partial charge in [0.1, 0.15) is 5.82 Å². The molecule has 11 heteroatoms. The number of hydrogen-bond acceptors (Lipinski definition) is 6. The molecule has 1 fully saturated rings. The zero-order valence-corrected chi connectivity index (χ0v) is 18.0. The van der Waals surface area contributed by atoms with E-state index in [1.54, 1.807) is 30.0 Å². The lowest BCUT2D eigenvalue weighted by atomic mass is 10.0. The molecule has 1 aromatic heterocycles. The van der Waals surface area contributed by atoms with E-state index in [0.717, 1.165) is 11.6 Å². The molecular formula is C22H24F4N6O. The molecule has 1 saturated heterocycles. The molecular weight excluding hydrogens is 440 g/mol. The molecule has 0 spiro atoms. The summed E-state index contributed by atoms with van der Waals surface area (Å²) in [5, 5.41) is 12.1. The average Bonchev–Trinajstić information content (AvgIpc) is 3.27. The Bertz CT molecular complexity index is 1050. The lowest BCUT2D eigenvalue weighted by molar-refractivity contribution is -0.137. The Morgan fingerprint density at radius 2 is 1.76 bits per heavy atom. The maximum Gasteiger partial charge on any atom is 0.416 e. The van der Waals surface area contributed by atoms with E-state index in [9.17, 15) is 17.6 Å². The van der Waals surface area contributed by atoms with Gasteiger partial charge in [0, 0.05) is 39.0 Å². The first-order valence-corrected chi connectivity index (χ1v) is 10.5. The third-order valence-electron chi connectivity index (χ3n) is 5.72. The molecule has 4 rings (SSSR count). The van der Waals surface area contributed by atoms with Crippen LogP contribution >= 0.6 is 0 Å². The van der Waals surface area contributed by atoms with Crippen molar-refractivity contribution in [1.29, 1.82) is 0 Å². The van der Waals surface area contributed by atoms with Gasteiger partial charge in [-0.25, -0.2) is 9.07 Å². The minimum absolute atomic E-state index is 0.332. The molecule has 33 heavy (non-hydrogen) atoms. The summed E-state index contributed by atoms with van der Waals surface area (Å²) in [5.41, 5.74) is 0.703. The zero-order valence-electron chi connectivity index (χ0n) is 18.0. The summed E-state index contributed by atoms with van der Waals surface area (Å²) in [7, 11) is 1.59. The second-order valence-corrected chi connectivity index (χ2v) is 7.78. The van der Waals surface area contributed by atoms with E-state index in [4.69, 9.17) is 4.74 Å². The zero-order chi connectivity index (χ0) is 23.4. The minimum Gasteiger partial charge on any atom is -0.383 e. The first-order chi connectivity index (χ1) is 15.9. The summed E-state index contributed by atoms with van der Waals surface area (Å²) in [6.07, 6.45) is -4.38. The number of ether oxygens (including phenoxy) is 1. The lowest BCUT2D eigenvalue weighted by Gasteiger charge is -2.40. The van der Waals surface area contributed by atoms with Crippen molar-refractivity contribution in [1.82, 2.24) is 25.1 Å². The van der Waals surface area contributed by atoms with E-state index in [0.29, 0.717) is 50.8 Å². The van der Waals surface area contributed by atoms with Crippen LogP contribution in [-0.2, 0) is 17.5 Å². The summed E-state index contributed by atoms with van der Waals surface area (Å²) in [6, 6.07) is 11.2. The highest BCUT2D eigenvalue weighted by molar-refractivity contribution is 5.49. The molecule has 0 amide bonds. The van der Waals surface area contributed by atoms with Gasteiger partial charge in [0.15, 0.2) is 5.82 Å². The van der Waals surface area contributed by atoms with Gasteiger partial charge < -0.3 is 9.64 Å². The fourth-order valence-electron chi connectivity index (χ4n) is 4.03. The molecule has 1 atom stereocenters. The molecule has 0 saturated carbocycles. The van der Waals surface area contributed by atoms with Gasteiger partial charge in [0.05, 0.1) is 24.8 Å². The third-order valence-corrected chi connectivity index (χ3v) is 5.72. The normalized spacial score (nSPS) is 16.2. The average molecular weight is 464 g/mol. The summed E-state index contributed by atoms with van der Waals surface area (Å²) in [6.45, 7) is 3.07. The van der Waals surface area contributed by atoms with Crippen LogP contribution in [0.3, 0.4) is 0 Å². The molecule has 2 heterocycles. The third kappa shape index (κ3) is 5.31. The van der Waals surface area contributed by atoms with Crippen LogP contribution in [-0.4, -0.2) is 65.0 Å². The van der Waals surface area contributed by atoms with Gasteiger partial charge in [-0.1, -0.05) is 18.2 Å². The maximum absolute atomic E-state index is 13.6. The van der Waals surface area contributed by atoms with Gasteiger partial charge in [0.25, 0.3) is 0 Å². The van der Waals surface area contributed by atoms with Gasteiger partial charge in [0.2, 0.25) is 0 Å². The number of hydrogen-bond donors (Lipinski definition) is 0. The van der Waals surface area contributed by atoms with Crippen LogP contribution < -0.4 is 4.90 Å². The molecule has 0 unspecified atom stereocenters. The Kier molecular flexibility index (Phi) is 6.89. The summed E-state index contributed by atoms with van der Waals surface area (Å²) >= 11 is 0. The predicted molar refractivity (Wildman–Crippen MR) is 113 cm³/mol. The van der Waals surface area contributed by atoms with Crippen molar-refractivity contribution in [3.05, 3.63) is 71.3 Å². The number of nitrogens with zero attached hydrogens (tertiary/aromatic N) is 6. The van der Waals surface area contributed by atoms with Gasteiger partial charge in [-0.15, -0.1) is 5.10 Å². The van der Waals surface area contributed by atoms with E-state index in [2.05, 4.69) is 20.4 Å². The van der Waals surface area contributed by atoms with Crippen molar-refractivity contribution >= 4 is 5.69 Å². The van der Waals surface area contributed by atoms with E-state index in [-0.39, 0.29) is 11.9 Å².